The zero-order chi connectivity index (χ0) is 20.9. The van der Waals surface area contributed by atoms with Gasteiger partial charge in [0.25, 0.3) is 0 Å². The van der Waals surface area contributed by atoms with Crippen LogP contribution in [0.15, 0.2) is 53.5 Å². The molecule has 160 valence electrons. The van der Waals surface area contributed by atoms with Gasteiger partial charge in [-0.2, -0.15) is 21.3 Å². The van der Waals surface area contributed by atoms with Crippen LogP contribution in [-0.2, 0) is 11.3 Å². The summed E-state index contributed by atoms with van der Waals surface area (Å²) >= 11 is 1.65. The van der Waals surface area contributed by atoms with Crippen molar-refractivity contribution in [2.75, 3.05) is 50.0 Å². The summed E-state index contributed by atoms with van der Waals surface area (Å²) in [7, 11) is 0. The van der Waals surface area contributed by atoms with E-state index in [0.717, 1.165) is 62.1 Å². The summed E-state index contributed by atoms with van der Waals surface area (Å²) in [5.41, 5.74) is 3.80. The molecule has 1 aromatic carbocycles. The van der Waals surface area contributed by atoms with E-state index in [2.05, 4.69) is 49.5 Å². The van der Waals surface area contributed by atoms with Gasteiger partial charge in [0.15, 0.2) is 17.0 Å². The van der Waals surface area contributed by atoms with Gasteiger partial charge in [0.1, 0.15) is 6.33 Å². The zero-order valence-electron chi connectivity index (χ0n) is 17.2. The van der Waals surface area contributed by atoms with Crippen LogP contribution >= 0.6 is 11.3 Å². The Morgan fingerprint density at radius 2 is 1.90 bits per heavy atom. The Bertz CT molecular complexity index is 1110. The van der Waals surface area contributed by atoms with Gasteiger partial charge in [-0.25, -0.2) is 4.98 Å². The van der Waals surface area contributed by atoms with Gasteiger partial charge in [-0.05, 0) is 17.0 Å². The van der Waals surface area contributed by atoms with Gasteiger partial charge in [-0.15, -0.1) is 0 Å². The lowest BCUT2D eigenvalue weighted by Gasteiger charge is -2.26. The number of benzene rings is 1. The molecule has 0 atom stereocenters. The van der Waals surface area contributed by atoms with Crippen molar-refractivity contribution in [3.63, 3.8) is 0 Å². The molecule has 1 aliphatic rings. The highest BCUT2D eigenvalue weighted by molar-refractivity contribution is 7.08. The van der Waals surface area contributed by atoms with Crippen LogP contribution in [0.2, 0.25) is 0 Å². The molecule has 1 aliphatic heterocycles. The summed E-state index contributed by atoms with van der Waals surface area (Å²) < 4.78 is 7.44. The van der Waals surface area contributed by atoms with Crippen LogP contribution in [0.5, 0.6) is 0 Å². The summed E-state index contributed by atoms with van der Waals surface area (Å²) in [6.07, 6.45) is 1.81. The number of morpholine rings is 1. The molecule has 5 rings (SSSR count). The van der Waals surface area contributed by atoms with E-state index in [-0.39, 0.29) is 0 Å². The lowest BCUT2D eigenvalue weighted by atomic mass is 10.2. The zero-order valence-corrected chi connectivity index (χ0v) is 18.0. The van der Waals surface area contributed by atoms with Gasteiger partial charge in [0, 0.05) is 38.1 Å². The van der Waals surface area contributed by atoms with E-state index in [4.69, 9.17) is 14.7 Å². The Labute approximate surface area is 184 Å². The molecule has 3 aromatic heterocycles. The third-order valence-corrected chi connectivity index (χ3v) is 5.97. The molecule has 0 saturated carbocycles. The molecular weight excluding hydrogens is 410 g/mol. The second-order valence-corrected chi connectivity index (χ2v) is 8.16. The standard InChI is InChI=1S/C22H25N7OS/c1-2-4-17(5-3-1)14-24-20-19-21(29(16-25-19)18-6-13-31-15-18)27-22(26-20)23-7-8-28-9-11-30-12-10-28/h1-6,13,15-16H,7-12,14H2,(H2,23,24,26,27). The fourth-order valence-electron chi connectivity index (χ4n) is 3.62. The number of ether oxygens (including phenoxy) is 1. The Morgan fingerprint density at radius 3 is 2.71 bits per heavy atom. The number of anilines is 2. The summed E-state index contributed by atoms with van der Waals surface area (Å²) in [5, 5.41) is 11.0. The van der Waals surface area contributed by atoms with Crippen LogP contribution < -0.4 is 10.6 Å². The molecule has 9 heteroatoms. The average molecular weight is 436 g/mol. The van der Waals surface area contributed by atoms with Crippen molar-refractivity contribution in [1.29, 1.82) is 0 Å². The van der Waals surface area contributed by atoms with E-state index in [1.54, 1.807) is 11.3 Å². The molecule has 2 N–H and O–H groups in total. The summed E-state index contributed by atoms with van der Waals surface area (Å²) in [6.45, 7) is 5.92. The Morgan fingerprint density at radius 1 is 1.03 bits per heavy atom. The third kappa shape index (κ3) is 4.68. The average Bonchev–Trinajstić information content (AvgIpc) is 3.49. The smallest absolute Gasteiger partial charge is 0.226 e. The number of thiophene rings is 1. The minimum absolute atomic E-state index is 0.605. The van der Waals surface area contributed by atoms with Gasteiger partial charge in [0.05, 0.1) is 18.9 Å². The molecule has 8 nitrogen and oxygen atoms in total. The fourth-order valence-corrected chi connectivity index (χ4v) is 4.25. The van der Waals surface area contributed by atoms with Gasteiger partial charge in [-0.3, -0.25) is 9.47 Å². The molecule has 0 spiro atoms. The monoisotopic (exact) mass is 435 g/mol. The first kappa shape index (κ1) is 19.9. The lowest BCUT2D eigenvalue weighted by molar-refractivity contribution is 0.0398. The largest absolute Gasteiger partial charge is 0.379 e. The van der Waals surface area contributed by atoms with Crippen molar-refractivity contribution in [3.05, 3.63) is 59.0 Å². The van der Waals surface area contributed by atoms with Crippen molar-refractivity contribution in [1.82, 2.24) is 24.4 Å². The van der Waals surface area contributed by atoms with Crippen molar-refractivity contribution >= 4 is 34.3 Å². The number of rotatable bonds is 8. The highest BCUT2D eigenvalue weighted by atomic mass is 32.1. The van der Waals surface area contributed by atoms with Gasteiger partial charge in [-0.1, -0.05) is 30.3 Å². The fraction of sp³-hybridized carbons (Fsp3) is 0.318. The number of aromatic nitrogens is 4. The first-order valence-corrected chi connectivity index (χ1v) is 11.4. The molecule has 4 aromatic rings. The Balaban J connectivity index is 1.39. The molecular formula is C22H25N7OS. The number of fused-ring (bicyclic) bond motifs is 1. The maximum absolute atomic E-state index is 5.43. The van der Waals surface area contributed by atoms with Gasteiger partial charge in [0.2, 0.25) is 5.95 Å². The highest BCUT2D eigenvalue weighted by Crippen LogP contribution is 2.25. The predicted octanol–water partition coefficient (Wildman–Crippen LogP) is 3.23. The second-order valence-electron chi connectivity index (χ2n) is 7.38. The van der Waals surface area contributed by atoms with E-state index < -0.39 is 0 Å². The van der Waals surface area contributed by atoms with E-state index in [9.17, 15) is 0 Å². The van der Waals surface area contributed by atoms with Crippen molar-refractivity contribution < 1.29 is 4.74 Å². The Kier molecular flexibility index (Phi) is 6.06. The Hall–Kier alpha value is -3.01. The summed E-state index contributed by atoms with van der Waals surface area (Å²) in [6, 6.07) is 12.3. The molecule has 0 radical (unpaired) electrons. The molecule has 1 saturated heterocycles. The molecule has 31 heavy (non-hydrogen) atoms. The first-order chi connectivity index (χ1) is 15.4. The second kappa shape index (κ2) is 9.42. The van der Waals surface area contributed by atoms with Crippen LogP contribution in [0.3, 0.4) is 0 Å². The maximum Gasteiger partial charge on any atom is 0.226 e. The number of hydrogen-bond acceptors (Lipinski definition) is 8. The SMILES string of the molecule is c1ccc(CNc2nc(NCCN3CCOCC3)nc3c2ncn3-c2ccsc2)cc1. The topological polar surface area (TPSA) is 80.1 Å². The number of hydrogen-bond donors (Lipinski definition) is 2. The molecule has 1 fully saturated rings. The van der Waals surface area contributed by atoms with Crippen LogP contribution in [0.4, 0.5) is 11.8 Å². The molecule has 0 amide bonds. The van der Waals surface area contributed by atoms with E-state index in [0.29, 0.717) is 12.5 Å². The van der Waals surface area contributed by atoms with Crippen molar-refractivity contribution in [2.45, 2.75) is 6.54 Å². The third-order valence-electron chi connectivity index (χ3n) is 5.30. The first-order valence-electron chi connectivity index (χ1n) is 10.5. The number of imidazole rings is 1. The lowest BCUT2D eigenvalue weighted by Crippen LogP contribution is -2.39. The number of nitrogens with zero attached hydrogens (tertiary/aromatic N) is 5. The highest BCUT2D eigenvalue weighted by Gasteiger charge is 2.15. The van der Waals surface area contributed by atoms with Crippen LogP contribution in [-0.4, -0.2) is 63.8 Å². The van der Waals surface area contributed by atoms with Gasteiger partial charge >= 0.3 is 0 Å². The van der Waals surface area contributed by atoms with Crippen LogP contribution in [0.25, 0.3) is 16.9 Å². The van der Waals surface area contributed by atoms with Gasteiger partial charge < -0.3 is 15.4 Å². The van der Waals surface area contributed by atoms with E-state index in [1.807, 2.05) is 29.1 Å². The van der Waals surface area contributed by atoms with Crippen LogP contribution in [0.1, 0.15) is 5.56 Å². The van der Waals surface area contributed by atoms with Crippen molar-refractivity contribution in [2.24, 2.45) is 0 Å². The normalized spacial score (nSPS) is 14.7. The summed E-state index contributed by atoms with van der Waals surface area (Å²) in [5.74, 6) is 1.34. The van der Waals surface area contributed by atoms with E-state index in [1.165, 1.54) is 5.56 Å². The quantitative estimate of drug-likeness (QED) is 0.440. The molecule has 0 unspecified atom stereocenters. The molecule has 0 bridgehead atoms. The van der Waals surface area contributed by atoms with E-state index >= 15 is 0 Å². The molecule has 4 heterocycles. The minimum atomic E-state index is 0.605. The van der Waals surface area contributed by atoms with Crippen molar-refractivity contribution in [3.8, 4) is 5.69 Å². The summed E-state index contributed by atoms with van der Waals surface area (Å²) in [4.78, 5) is 16.5. The maximum atomic E-state index is 5.43. The predicted molar refractivity (Wildman–Crippen MR) is 124 cm³/mol. The molecule has 0 aliphatic carbocycles. The minimum Gasteiger partial charge on any atom is -0.379 e. The van der Waals surface area contributed by atoms with Crippen LogP contribution in [0, 0.1) is 0 Å². The number of nitrogens with one attached hydrogen (secondary N) is 2.